The van der Waals surface area contributed by atoms with Crippen molar-refractivity contribution in [1.29, 1.82) is 0 Å². The number of nitrogens with zero attached hydrogens (tertiary/aromatic N) is 4. The third-order valence-electron chi connectivity index (χ3n) is 5.51. The summed E-state index contributed by atoms with van der Waals surface area (Å²) in [6.07, 6.45) is 1.66. The molecule has 2 heterocycles. The van der Waals surface area contributed by atoms with Gasteiger partial charge in [0.15, 0.2) is 5.82 Å². The second kappa shape index (κ2) is 8.91. The molecule has 4 rings (SSSR count). The normalized spacial score (nSPS) is 16.0. The quantitative estimate of drug-likeness (QED) is 0.493. The highest BCUT2D eigenvalue weighted by Crippen LogP contribution is 2.26. The molecule has 0 radical (unpaired) electrons. The zero-order chi connectivity index (χ0) is 21.8. The lowest BCUT2D eigenvalue weighted by atomic mass is 9.96. The Hall–Kier alpha value is -3.81. The van der Waals surface area contributed by atoms with Crippen molar-refractivity contribution in [1.82, 2.24) is 10.2 Å². The van der Waals surface area contributed by atoms with Crippen molar-refractivity contribution in [2.45, 2.75) is 19.8 Å². The SMILES string of the molecule is Cc1cc([N+](=O)[O-])ccc1NC(=O)C1CCCN(c2ccc(-c3ccccc3)nn2)C1. The molecule has 1 unspecified atom stereocenters. The van der Waals surface area contributed by atoms with Crippen LogP contribution in [0.2, 0.25) is 0 Å². The first-order valence-electron chi connectivity index (χ1n) is 10.2. The van der Waals surface area contributed by atoms with Gasteiger partial charge in [0.25, 0.3) is 5.69 Å². The number of hydrogen-bond acceptors (Lipinski definition) is 6. The standard InChI is InChI=1S/C23H23N5O3/c1-16-14-19(28(30)31)9-10-20(16)24-23(29)18-8-5-13-27(15-18)22-12-11-21(25-26-22)17-6-3-2-4-7-17/h2-4,6-7,9-12,14,18H,5,8,13,15H2,1H3,(H,24,29). The predicted molar refractivity (Wildman–Crippen MR) is 119 cm³/mol. The number of aryl methyl sites for hydroxylation is 1. The monoisotopic (exact) mass is 417 g/mol. The second-order valence-corrected chi connectivity index (χ2v) is 7.67. The van der Waals surface area contributed by atoms with Crippen molar-refractivity contribution in [3.05, 3.63) is 76.3 Å². The van der Waals surface area contributed by atoms with E-state index in [1.807, 2.05) is 42.5 Å². The van der Waals surface area contributed by atoms with Gasteiger partial charge in [-0.2, -0.15) is 0 Å². The zero-order valence-corrected chi connectivity index (χ0v) is 17.2. The van der Waals surface area contributed by atoms with Crippen molar-refractivity contribution in [2.24, 2.45) is 5.92 Å². The first-order valence-corrected chi connectivity index (χ1v) is 10.2. The largest absolute Gasteiger partial charge is 0.354 e. The summed E-state index contributed by atoms with van der Waals surface area (Å²) in [6, 6.07) is 18.2. The summed E-state index contributed by atoms with van der Waals surface area (Å²) in [5.41, 5.74) is 3.09. The number of hydrogen-bond donors (Lipinski definition) is 1. The average Bonchev–Trinajstić information content (AvgIpc) is 2.81. The molecule has 1 amide bonds. The van der Waals surface area contributed by atoms with Crippen molar-refractivity contribution >= 4 is 23.1 Å². The molecule has 1 atom stereocenters. The molecule has 1 fully saturated rings. The van der Waals surface area contributed by atoms with Crippen molar-refractivity contribution in [3.63, 3.8) is 0 Å². The Morgan fingerprint density at radius 3 is 2.61 bits per heavy atom. The molecule has 158 valence electrons. The third kappa shape index (κ3) is 4.69. The van der Waals surface area contributed by atoms with Gasteiger partial charge in [0, 0.05) is 36.5 Å². The van der Waals surface area contributed by atoms with Crippen LogP contribution in [-0.4, -0.2) is 34.1 Å². The summed E-state index contributed by atoms with van der Waals surface area (Å²) in [7, 11) is 0. The van der Waals surface area contributed by atoms with E-state index in [0.717, 1.165) is 36.5 Å². The lowest BCUT2D eigenvalue weighted by Crippen LogP contribution is -2.41. The van der Waals surface area contributed by atoms with Gasteiger partial charge >= 0.3 is 0 Å². The summed E-state index contributed by atoms with van der Waals surface area (Å²) < 4.78 is 0. The Bertz CT molecular complexity index is 1090. The van der Waals surface area contributed by atoms with Crippen LogP contribution in [0.25, 0.3) is 11.3 Å². The van der Waals surface area contributed by atoms with Gasteiger partial charge in [0.2, 0.25) is 5.91 Å². The number of anilines is 2. The molecule has 0 spiro atoms. The summed E-state index contributed by atoms with van der Waals surface area (Å²) in [5, 5.41) is 22.6. The van der Waals surface area contributed by atoms with Gasteiger partial charge in [-0.3, -0.25) is 14.9 Å². The highest BCUT2D eigenvalue weighted by molar-refractivity contribution is 5.93. The van der Waals surface area contributed by atoms with E-state index in [4.69, 9.17) is 0 Å². The predicted octanol–water partition coefficient (Wildman–Crippen LogP) is 4.22. The number of nitro benzene ring substituents is 1. The van der Waals surface area contributed by atoms with Crippen LogP contribution in [0.1, 0.15) is 18.4 Å². The van der Waals surface area contributed by atoms with E-state index in [-0.39, 0.29) is 17.5 Å². The van der Waals surface area contributed by atoms with E-state index in [2.05, 4.69) is 20.4 Å². The van der Waals surface area contributed by atoms with E-state index in [9.17, 15) is 14.9 Å². The fourth-order valence-electron chi connectivity index (χ4n) is 3.79. The summed E-state index contributed by atoms with van der Waals surface area (Å²) >= 11 is 0. The number of nitrogens with one attached hydrogen (secondary N) is 1. The molecular weight excluding hydrogens is 394 g/mol. The molecule has 0 aliphatic carbocycles. The van der Waals surface area contributed by atoms with Crippen LogP contribution in [0, 0.1) is 23.0 Å². The molecule has 1 N–H and O–H groups in total. The molecule has 3 aromatic rings. The van der Waals surface area contributed by atoms with Crippen LogP contribution in [0.15, 0.2) is 60.7 Å². The van der Waals surface area contributed by atoms with Crippen LogP contribution in [0.5, 0.6) is 0 Å². The molecule has 0 saturated carbocycles. The molecule has 8 nitrogen and oxygen atoms in total. The highest BCUT2D eigenvalue weighted by atomic mass is 16.6. The number of carbonyl (C=O) groups is 1. The number of benzene rings is 2. The Morgan fingerprint density at radius 2 is 1.94 bits per heavy atom. The van der Waals surface area contributed by atoms with Gasteiger partial charge in [0.1, 0.15) is 0 Å². The van der Waals surface area contributed by atoms with E-state index in [1.54, 1.807) is 13.0 Å². The molecular formula is C23H23N5O3. The minimum absolute atomic E-state index is 0.0110. The molecule has 1 aliphatic rings. The molecule has 1 aliphatic heterocycles. The van der Waals surface area contributed by atoms with Gasteiger partial charge in [-0.05, 0) is 43.5 Å². The van der Waals surface area contributed by atoms with Gasteiger partial charge < -0.3 is 10.2 Å². The maximum Gasteiger partial charge on any atom is 0.269 e. The number of amides is 1. The average molecular weight is 417 g/mol. The topological polar surface area (TPSA) is 101 Å². The fraction of sp³-hybridized carbons (Fsp3) is 0.261. The van der Waals surface area contributed by atoms with E-state index in [1.165, 1.54) is 12.1 Å². The lowest BCUT2D eigenvalue weighted by molar-refractivity contribution is -0.384. The summed E-state index contributed by atoms with van der Waals surface area (Å²) in [6.45, 7) is 3.12. The maximum absolute atomic E-state index is 12.8. The van der Waals surface area contributed by atoms with Crippen LogP contribution < -0.4 is 10.2 Å². The third-order valence-corrected chi connectivity index (χ3v) is 5.51. The van der Waals surface area contributed by atoms with E-state index < -0.39 is 4.92 Å². The van der Waals surface area contributed by atoms with Crippen molar-refractivity contribution in [2.75, 3.05) is 23.3 Å². The number of aromatic nitrogens is 2. The van der Waals surface area contributed by atoms with Crippen molar-refractivity contribution < 1.29 is 9.72 Å². The number of nitro groups is 1. The molecule has 0 bridgehead atoms. The van der Waals surface area contributed by atoms with Crippen LogP contribution >= 0.6 is 0 Å². The molecule has 31 heavy (non-hydrogen) atoms. The lowest BCUT2D eigenvalue weighted by Gasteiger charge is -2.32. The fourth-order valence-corrected chi connectivity index (χ4v) is 3.79. The van der Waals surface area contributed by atoms with Gasteiger partial charge in [0.05, 0.1) is 16.5 Å². The Kier molecular flexibility index (Phi) is 5.88. The van der Waals surface area contributed by atoms with E-state index in [0.29, 0.717) is 17.8 Å². The van der Waals surface area contributed by atoms with Gasteiger partial charge in [-0.1, -0.05) is 30.3 Å². The molecule has 1 aromatic heterocycles. The van der Waals surface area contributed by atoms with Crippen LogP contribution in [0.4, 0.5) is 17.2 Å². The maximum atomic E-state index is 12.8. The zero-order valence-electron chi connectivity index (χ0n) is 17.2. The first kappa shape index (κ1) is 20.5. The minimum atomic E-state index is -0.443. The van der Waals surface area contributed by atoms with Crippen molar-refractivity contribution in [3.8, 4) is 11.3 Å². The van der Waals surface area contributed by atoms with Gasteiger partial charge in [-0.15, -0.1) is 10.2 Å². The number of piperidine rings is 1. The minimum Gasteiger partial charge on any atom is -0.354 e. The number of carbonyl (C=O) groups excluding carboxylic acids is 1. The van der Waals surface area contributed by atoms with Crippen LogP contribution in [0.3, 0.4) is 0 Å². The summed E-state index contributed by atoms with van der Waals surface area (Å²) in [5.74, 6) is 0.471. The Labute approximate surface area is 180 Å². The van der Waals surface area contributed by atoms with E-state index >= 15 is 0 Å². The second-order valence-electron chi connectivity index (χ2n) is 7.67. The molecule has 2 aromatic carbocycles. The smallest absolute Gasteiger partial charge is 0.269 e. The first-order chi connectivity index (χ1) is 15.0. The van der Waals surface area contributed by atoms with Crippen LogP contribution in [-0.2, 0) is 4.79 Å². The molecule has 8 heteroatoms. The molecule has 1 saturated heterocycles. The number of rotatable bonds is 5. The summed E-state index contributed by atoms with van der Waals surface area (Å²) in [4.78, 5) is 25.4. The Morgan fingerprint density at radius 1 is 1.13 bits per heavy atom. The van der Waals surface area contributed by atoms with Gasteiger partial charge in [-0.25, -0.2) is 0 Å². The number of non-ortho nitro benzene ring substituents is 1. The Balaban J connectivity index is 1.42. The highest BCUT2D eigenvalue weighted by Gasteiger charge is 2.27.